The SMILES string of the molecule is CC.O=C(CCC(=O)c1ccc2c(c1)CCCO2)c1cccc(C(F)(F)F)c1. The fourth-order valence-corrected chi connectivity index (χ4v) is 2.92. The zero-order valence-corrected chi connectivity index (χ0v) is 15.9. The van der Waals surface area contributed by atoms with Crippen LogP contribution in [0.1, 0.15) is 65.0 Å². The van der Waals surface area contributed by atoms with Crippen molar-refractivity contribution in [3.63, 3.8) is 0 Å². The highest BCUT2D eigenvalue weighted by atomic mass is 19.4. The van der Waals surface area contributed by atoms with Gasteiger partial charge in [-0.2, -0.15) is 13.2 Å². The first-order chi connectivity index (χ1) is 13.3. The van der Waals surface area contributed by atoms with Gasteiger partial charge < -0.3 is 4.74 Å². The lowest BCUT2D eigenvalue weighted by molar-refractivity contribution is -0.137. The summed E-state index contributed by atoms with van der Waals surface area (Å²) in [6.07, 6.45) is -2.96. The van der Waals surface area contributed by atoms with Crippen molar-refractivity contribution < 1.29 is 27.5 Å². The van der Waals surface area contributed by atoms with E-state index in [0.29, 0.717) is 12.2 Å². The number of hydrogen-bond donors (Lipinski definition) is 0. The second-order valence-electron chi connectivity index (χ2n) is 6.20. The normalized spacial score (nSPS) is 12.9. The molecule has 0 radical (unpaired) electrons. The van der Waals surface area contributed by atoms with E-state index in [1.807, 2.05) is 13.8 Å². The number of ether oxygens (including phenoxy) is 1. The van der Waals surface area contributed by atoms with Crippen LogP contribution in [0.2, 0.25) is 0 Å². The van der Waals surface area contributed by atoms with Crippen molar-refractivity contribution in [2.75, 3.05) is 6.61 Å². The summed E-state index contributed by atoms with van der Waals surface area (Å²) in [5.74, 6) is 0.0808. The average molecular weight is 392 g/mol. The monoisotopic (exact) mass is 392 g/mol. The van der Waals surface area contributed by atoms with Crippen molar-refractivity contribution in [1.29, 1.82) is 0 Å². The van der Waals surface area contributed by atoms with E-state index in [0.717, 1.165) is 36.3 Å². The van der Waals surface area contributed by atoms with Gasteiger partial charge in [0.2, 0.25) is 0 Å². The highest BCUT2D eigenvalue weighted by molar-refractivity contribution is 6.02. The molecule has 0 unspecified atom stereocenters. The van der Waals surface area contributed by atoms with Crippen LogP contribution in [0.25, 0.3) is 0 Å². The van der Waals surface area contributed by atoms with Crippen LogP contribution >= 0.6 is 0 Å². The van der Waals surface area contributed by atoms with E-state index in [1.165, 1.54) is 12.1 Å². The molecule has 0 fully saturated rings. The van der Waals surface area contributed by atoms with Crippen LogP contribution in [-0.4, -0.2) is 18.2 Å². The Kier molecular flexibility index (Phi) is 7.38. The second kappa shape index (κ2) is 9.53. The lowest BCUT2D eigenvalue weighted by Gasteiger charge is -2.17. The molecule has 0 saturated heterocycles. The Balaban J connectivity index is 0.00000136. The zero-order chi connectivity index (χ0) is 20.7. The summed E-state index contributed by atoms with van der Waals surface area (Å²) in [5.41, 5.74) is 0.549. The van der Waals surface area contributed by atoms with Crippen molar-refractivity contribution in [2.45, 2.75) is 45.7 Å². The van der Waals surface area contributed by atoms with Crippen LogP contribution in [0, 0.1) is 0 Å². The van der Waals surface area contributed by atoms with E-state index >= 15 is 0 Å². The van der Waals surface area contributed by atoms with Crippen molar-refractivity contribution in [3.05, 3.63) is 64.7 Å². The molecule has 0 saturated carbocycles. The van der Waals surface area contributed by atoms with Crippen molar-refractivity contribution >= 4 is 11.6 Å². The maximum atomic E-state index is 12.7. The Morgan fingerprint density at radius 2 is 1.61 bits per heavy atom. The minimum Gasteiger partial charge on any atom is -0.493 e. The van der Waals surface area contributed by atoms with Gasteiger partial charge in [0.1, 0.15) is 5.75 Å². The number of carbonyl (C=O) groups excluding carboxylic acids is 2. The second-order valence-corrected chi connectivity index (χ2v) is 6.20. The quantitative estimate of drug-likeness (QED) is 0.595. The molecule has 0 aromatic heterocycles. The topological polar surface area (TPSA) is 43.4 Å². The summed E-state index contributed by atoms with van der Waals surface area (Å²) in [6, 6.07) is 9.43. The molecule has 1 aliphatic rings. The number of alkyl halides is 3. The smallest absolute Gasteiger partial charge is 0.416 e. The van der Waals surface area contributed by atoms with E-state index in [2.05, 4.69) is 0 Å². The average Bonchev–Trinajstić information content (AvgIpc) is 2.72. The number of fused-ring (bicyclic) bond motifs is 1. The first-order valence-electron chi connectivity index (χ1n) is 9.34. The van der Waals surface area contributed by atoms with E-state index in [9.17, 15) is 22.8 Å². The van der Waals surface area contributed by atoms with Crippen LogP contribution in [0.15, 0.2) is 42.5 Å². The minimum absolute atomic E-state index is 0.0357. The molecular weight excluding hydrogens is 369 g/mol. The van der Waals surface area contributed by atoms with Crippen molar-refractivity contribution in [3.8, 4) is 5.75 Å². The molecule has 1 heterocycles. The molecule has 28 heavy (non-hydrogen) atoms. The highest BCUT2D eigenvalue weighted by Gasteiger charge is 2.30. The van der Waals surface area contributed by atoms with Gasteiger partial charge in [-0.05, 0) is 48.7 Å². The molecule has 0 bridgehead atoms. The number of aryl methyl sites for hydroxylation is 1. The predicted molar refractivity (Wildman–Crippen MR) is 101 cm³/mol. The molecule has 150 valence electrons. The Morgan fingerprint density at radius 3 is 2.25 bits per heavy atom. The minimum atomic E-state index is -4.50. The Bertz CT molecular complexity index is 841. The first kappa shape index (κ1) is 21.7. The Hall–Kier alpha value is -2.63. The summed E-state index contributed by atoms with van der Waals surface area (Å²) < 4.78 is 43.7. The van der Waals surface area contributed by atoms with Gasteiger partial charge in [-0.1, -0.05) is 26.0 Å². The summed E-state index contributed by atoms with van der Waals surface area (Å²) in [6.45, 7) is 4.66. The summed E-state index contributed by atoms with van der Waals surface area (Å²) in [4.78, 5) is 24.5. The Morgan fingerprint density at radius 1 is 0.964 bits per heavy atom. The number of Topliss-reactive ketones (excluding diaryl/α,β-unsaturated/α-hetero) is 2. The van der Waals surface area contributed by atoms with Gasteiger partial charge in [0, 0.05) is 24.0 Å². The van der Waals surface area contributed by atoms with Crippen LogP contribution in [0.5, 0.6) is 5.75 Å². The largest absolute Gasteiger partial charge is 0.493 e. The molecule has 0 atom stereocenters. The van der Waals surface area contributed by atoms with Gasteiger partial charge >= 0.3 is 6.18 Å². The van der Waals surface area contributed by atoms with Crippen molar-refractivity contribution in [2.24, 2.45) is 0 Å². The van der Waals surface area contributed by atoms with Gasteiger partial charge in [0.15, 0.2) is 11.6 Å². The first-order valence-corrected chi connectivity index (χ1v) is 9.34. The fraction of sp³-hybridized carbons (Fsp3) is 0.364. The number of carbonyl (C=O) groups is 2. The van der Waals surface area contributed by atoms with Crippen molar-refractivity contribution in [1.82, 2.24) is 0 Å². The third kappa shape index (κ3) is 5.44. The molecular formula is C22H23F3O3. The summed E-state index contributed by atoms with van der Waals surface area (Å²) in [7, 11) is 0. The summed E-state index contributed by atoms with van der Waals surface area (Å²) in [5, 5.41) is 0. The molecule has 0 aliphatic carbocycles. The lowest BCUT2D eigenvalue weighted by atomic mass is 9.97. The molecule has 2 aromatic carbocycles. The van der Waals surface area contributed by atoms with Gasteiger partial charge in [-0.25, -0.2) is 0 Å². The molecule has 1 aliphatic heterocycles. The number of ketones is 2. The van der Waals surface area contributed by atoms with Gasteiger partial charge in [0.05, 0.1) is 12.2 Å². The number of halogens is 3. The third-order valence-corrected chi connectivity index (χ3v) is 4.32. The van der Waals surface area contributed by atoms with Crippen LogP contribution in [-0.2, 0) is 12.6 Å². The van der Waals surface area contributed by atoms with Gasteiger partial charge in [0.25, 0.3) is 0 Å². The maximum absolute atomic E-state index is 12.7. The number of benzene rings is 2. The molecule has 3 nitrogen and oxygen atoms in total. The van der Waals surface area contributed by atoms with Crippen LogP contribution in [0.3, 0.4) is 0 Å². The van der Waals surface area contributed by atoms with Gasteiger partial charge in [-0.15, -0.1) is 0 Å². The molecule has 2 aromatic rings. The predicted octanol–water partition coefficient (Wildman–Crippen LogP) is 5.90. The van der Waals surface area contributed by atoms with E-state index in [-0.39, 0.29) is 24.2 Å². The maximum Gasteiger partial charge on any atom is 0.416 e. The molecule has 0 amide bonds. The number of hydrogen-bond acceptors (Lipinski definition) is 3. The summed E-state index contributed by atoms with van der Waals surface area (Å²) >= 11 is 0. The highest BCUT2D eigenvalue weighted by Crippen LogP contribution is 2.30. The van der Waals surface area contributed by atoms with Crippen LogP contribution in [0.4, 0.5) is 13.2 Å². The molecule has 6 heteroatoms. The number of rotatable bonds is 5. The zero-order valence-electron chi connectivity index (χ0n) is 15.9. The molecule has 0 spiro atoms. The molecule has 0 N–H and O–H groups in total. The molecule has 3 rings (SSSR count). The standard InChI is InChI=1S/C20H17F3O3.C2H6/c21-20(22,23)16-5-1-3-13(12-16)17(24)7-8-18(25)14-6-9-19-15(11-14)4-2-10-26-19;1-2/h1,3,5-6,9,11-12H,2,4,7-8,10H2;1-2H3. The lowest BCUT2D eigenvalue weighted by Crippen LogP contribution is -2.11. The van der Waals surface area contributed by atoms with E-state index in [4.69, 9.17) is 4.74 Å². The fourth-order valence-electron chi connectivity index (χ4n) is 2.92. The van der Waals surface area contributed by atoms with E-state index in [1.54, 1.807) is 18.2 Å². The van der Waals surface area contributed by atoms with E-state index < -0.39 is 17.5 Å². The van der Waals surface area contributed by atoms with Gasteiger partial charge in [-0.3, -0.25) is 9.59 Å². The Labute approximate surface area is 162 Å². The third-order valence-electron chi connectivity index (χ3n) is 4.32. The van der Waals surface area contributed by atoms with Crippen LogP contribution < -0.4 is 4.74 Å².